The zero-order chi connectivity index (χ0) is 12.0. The lowest BCUT2D eigenvalue weighted by atomic mass is 10.0. The lowest BCUT2D eigenvalue weighted by Crippen LogP contribution is -2.19. The fourth-order valence-corrected chi connectivity index (χ4v) is 1.88. The maximum atomic E-state index is 4.23. The fourth-order valence-electron chi connectivity index (χ4n) is 1.74. The SMILES string of the molecule is CC(C)c1ccc(CN(C)CCCS)cc1. The van der Waals surface area contributed by atoms with E-state index in [1.807, 2.05) is 0 Å². The highest BCUT2D eigenvalue weighted by Gasteiger charge is 2.01. The molecule has 0 atom stereocenters. The Labute approximate surface area is 105 Å². The van der Waals surface area contributed by atoms with Gasteiger partial charge in [-0.15, -0.1) is 0 Å². The number of hydrogen-bond donors (Lipinski definition) is 1. The van der Waals surface area contributed by atoms with Gasteiger partial charge in [-0.25, -0.2) is 0 Å². The van der Waals surface area contributed by atoms with Gasteiger partial charge in [0.25, 0.3) is 0 Å². The molecule has 0 saturated heterocycles. The van der Waals surface area contributed by atoms with E-state index in [9.17, 15) is 0 Å². The molecule has 0 heterocycles. The normalized spacial score (nSPS) is 11.4. The average molecular weight is 237 g/mol. The van der Waals surface area contributed by atoms with Crippen LogP contribution >= 0.6 is 12.6 Å². The molecule has 0 spiro atoms. The third-order valence-corrected chi connectivity index (χ3v) is 3.11. The van der Waals surface area contributed by atoms with E-state index in [1.54, 1.807) is 0 Å². The van der Waals surface area contributed by atoms with Gasteiger partial charge in [0.05, 0.1) is 0 Å². The molecule has 1 nitrogen and oxygen atoms in total. The second kappa shape index (κ2) is 6.97. The molecule has 2 heteroatoms. The number of benzene rings is 1. The van der Waals surface area contributed by atoms with Crippen molar-refractivity contribution < 1.29 is 0 Å². The van der Waals surface area contributed by atoms with E-state index in [2.05, 4.69) is 62.7 Å². The molecule has 0 aromatic heterocycles. The van der Waals surface area contributed by atoms with E-state index < -0.39 is 0 Å². The summed E-state index contributed by atoms with van der Waals surface area (Å²) in [6.07, 6.45) is 1.16. The second-order valence-corrected chi connectivity index (χ2v) is 5.16. The number of nitrogens with zero attached hydrogens (tertiary/aromatic N) is 1. The van der Waals surface area contributed by atoms with E-state index in [4.69, 9.17) is 0 Å². The Kier molecular flexibility index (Phi) is 5.93. The summed E-state index contributed by atoms with van der Waals surface area (Å²) >= 11 is 4.23. The summed E-state index contributed by atoms with van der Waals surface area (Å²) in [5, 5.41) is 0. The summed E-state index contributed by atoms with van der Waals surface area (Å²) in [4.78, 5) is 2.35. The van der Waals surface area contributed by atoms with Crippen molar-refractivity contribution in [2.45, 2.75) is 32.7 Å². The van der Waals surface area contributed by atoms with Gasteiger partial charge in [-0.3, -0.25) is 0 Å². The molecule has 1 aromatic carbocycles. The highest BCUT2D eigenvalue weighted by atomic mass is 32.1. The lowest BCUT2D eigenvalue weighted by molar-refractivity contribution is 0.328. The number of hydrogen-bond acceptors (Lipinski definition) is 2. The zero-order valence-electron chi connectivity index (χ0n) is 10.6. The molecule has 0 radical (unpaired) electrons. The first kappa shape index (κ1) is 13.6. The van der Waals surface area contributed by atoms with Gasteiger partial charge in [0.1, 0.15) is 0 Å². The predicted octanol–water partition coefficient (Wildman–Crippen LogP) is 3.56. The number of thiol groups is 1. The van der Waals surface area contributed by atoms with Crippen molar-refractivity contribution in [2.75, 3.05) is 19.3 Å². The molecule has 1 rings (SSSR count). The van der Waals surface area contributed by atoms with Gasteiger partial charge >= 0.3 is 0 Å². The summed E-state index contributed by atoms with van der Waals surface area (Å²) in [6, 6.07) is 8.97. The van der Waals surface area contributed by atoms with Crippen LogP contribution in [-0.2, 0) is 6.54 Å². The average Bonchev–Trinajstić information content (AvgIpc) is 2.27. The van der Waals surface area contributed by atoms with Gasteiger partial charge in [-0.05, 0) is 42.8 Å². The van der Waals surface area contributed by atoms with Crippen LogP contribution in [0.4, 0.5) is 0 Å². The minimum atomic E-state index is 0.621. The maximum absolute atomic E-state index is 4.23. The minimum Gasteiger partial charge on any atom is -0.302 e. The van der Waals surface area contributed by atoms with Gasteiger partial charge in [0.15, 0.2) is 0 Å². The molecule has 0 fully saturated rings. The van der Waals surface area contributed by atoms with Crippen molar-refractivity contribution >= 4 is 12.6 Å². The van der Waals surface area contributed by atoms with Crippen molar-refractivity contribution in [3.63, 3.8) is 0 Å². The van der Waals surface area contributed by atoms with Crippen LogP contribution in [0.1, 0.15) is 37.3 Å². The van der Waals surface area contributed by atoms with E-state index in [-0.39, 0.29) is 0 Å². The second-order valence-electron chi connectivity index (χ2n) is 4.71. The van der Waals surface area contributed by atoms with Crippen LogP contribution in [0.2, 0.25) is 0 Å². The first-order valence-corrected chi connectivity index (χ1v) is 6.65. The van der Waals surface area contributed by atoms with Gasteiger partial charge in [-0.1, -0.05) is 38.1 Å². The lowest BCUT2D eigenvalue weighted by Gasteiger charge is -2.16. The van der Waals surface area contributed by atoms with Crippen LogP contribution in [0.15, 0.2) is 24.3 Å². The summed E-state index contributed by atoms with van der Waals surface area (Å²) in [6.45, 7) is 6.61. The van der Waals surface area contributed by atoms with Gasteiger partial charge in [0.2, 0.25) is 0 Å². The first-order chi connectivity index (χ1) is 7.63. The van der Waals surface area contributed by atoms with Gasteiger partial charge in [-0.2, -0.15) is 12.6 Å². The number of rotatable bonds is 6. The Morgan fingerprint density at radius 1 is 1.19 bits per heavy atom. The quantitative estimate of drug-likeness (QED) is 0.740. The van der Waals surface area contributed by atoms with Crippen molar-refractivity contribution in [3.05, 3.63) is 35.4 Å². The van der Waals surface area contributed by atoms with Crippen molar-refractivity contribution in [1.82, 2.24) is 4.90 Å². The monoisotopic (exact) mass is 237 g/mol. The van der Waals surface area contributed by atoms with Gasteiger partial charge in [0, 0.05) is 6.54 Å². The summed E-state index contributed by atoms with van der Waals surface area (Å²) in [5.41, 5.74) is 2.81. The molecule has 0 unspecified atom stereocenters. The molecular weight excluding hydrogens is 214 g/mol. The standard InChI is InChI=1S/C14H23NS/c1-12(2)14-7-5-13(6-8-14)11-15(3)9-4-10-16/h5-8,12,16H,4,9-11H2,1-3H3. The van der Waals surface area contributed by atoms with E-state index in [0.717, 1.165) is 25.3 Å². The topological polar surface area (TPSA) is 3.24 Å². The molecule has 90 valence electrons. The van der Waals surface area contributed by atoms with Gasteiger partial charge < -0.3 is 4.90 Å². The molecule has 0 aliphatic heterocycles. The molecule has 0 amide bonds. The Morgan fingerprint density at radius 3 is 2.31 bits per heavy atom. The Balaban J connectivity index is 2.48. The Hall–Kier alpha value is -0.470. The summed E-state index contributed by atoms with van der Waals surface area (Å²) < 4.78 is 0. The third-order valence-electron chi connectivity index (χ3n) is 2.80. The van der Waals surface area contributed by atoms with Crippen LogP contribution in [0.3, 0.4) is 0 Å². The van der Waals surface area contributed by atoms with Crippen LogP contribution in [0, 0.1) is 0 Å². The minimum absolute atomic E-state index is 0.621. The van der Waals surface area contributed by atoms with Crippen LogP contribution in [-0.4, -0.2) is 24.2 Å². The van der Waals surface area contributed by atoms with Crippen molar-refractivity contribution in [1.29, 1.82) is 0 Å². The smallest absolute Gasteiger partial charge is 0.0230 e. The zero-order valence-corrected chi connectivity index (χ0v) is 11.5. The van der Waals surface area contributed by atoms with E-state index in [0.29, 0.717) is 5.92 Å². The molecule has 0 aliphatic carbocycles. The highest BCUT2D eigenvalue weighted by Crippen LogP contribution is 2.15. The predicted molar refractivity (Wildman–Crippen MR) is 75.3 cm³/mol. The summed E-state index contributed by atoms with van der Waals surface area (Å²) in [7, 11) is 2.17. The maximum Gasteiger partial charge on any atom is 0.0230 e. The van der Waals surface area contributed by atoms with Crippen molar-refractivity contribution in [2.24, 2.45) is 0 Å². The Bertz CT molecular complexity index is 292. The van der Waals surface area contributed by atoms with E-state index in [1.165, 1.54) is 11.1 Å². The molecule has 1 aromatic rings. The van der Waals surface area contributed by atoms with Crippen LogP contribution in [0.5, 0.6) is 0 Å². The van der Waals surface area contributed by atoms with Crippen molar-refractivity contribution in [3.8, 4) is 0 Å². The molecular formula is C14H23NS. The van der Waals surface area contributed by atoms with Crippen LogP contribution < -0.4 is 0 Å². The molecule has 0 N–H and O–H groups in total. The molecule has 0 aliphatic rings. The first-order valence-electron chi connectivity index (χ1n) is 6.01. The molecule has 0 bridgehead atoms. The van der Waals surface area contributed by atoms with E-state index >= 15 is 0 Å². The third kappa shape index (κ3) is 4.58. The Morgan fingerprint density at radius 2 is 1.81 bits per heavy atom. The largest absolute Gasteiger partial charge is 0.302 e. The fraction of sp³-hybridized carbons (Fsp3) is 0.571. The van der Waals surface area contributed by atoms with Crippen LogP contribution in [0.25, 0.3) is 0 Å². The molecule has 0 saturated carbocycles. The molecule has 16 heavy (non-hydrogen) atoms. The highest BCUT2D eigenvalue weighted by molar-refractivity contribution is 7.80. The summed E-state index contributed by atoms with van der Waals surface area (Å²) in [5.74, 6) is 1.59.